The van der Waals surface area contributed by atoms with E-state index >= 15 is 0 Å². The van der Waals surface area contributed by atoms with Crippen molar-refractivity contribution in [1.82, 2.24) is 4.98 Å². The largest absolute Gasteiger partial charge is 0.264 e. The van der Waals surface area contributed by atoms with Gasteiger partial charge in [0.1, 0.15) is 0 Å². The number of pyridine rings is 1. The maximum atomic E-state index is 4.15. The van der Waals surface area contributed by atoms with Gasteiger partial charge in [-0.3, -0.25) is 4.98 Å². The maximum absolute atomic E-state index is 4.15. The molecule has 0 aliphatic heterocycles. The highest BCUT2D eigenvalue weighted by Crippen LogP contribution is 2.27. The molecular weight excluding hydrogens is 170 g/mol. The van der Waals surface area contributed by atoms with Crippen LogP contribution in [0.3, 0.4) is 0 Å². The molecule has 1 heterocycles. The first-order valence-corrected chi connectivity index (χ1v) is 5.84. The number of aryl methyl sites for hydroxylation is 1. The van der Waals surface area contributed by atoms with Crippen molar-refractivity contribution in [3.63, 3.8) is 0 Å². The van der Waals surface area contributed by atoms with Gasteiger partial charge in [0.25, 0.3) is 0 Å². The number of hydrogen-bond donors (Lipinski definition) is 0. The Morgan fingerprint density at radius 3 is 2.79 bits per heavy atom. The second-order valence-electron chi connectivity index (χ2n) is 4.40. The Labute approximate surface area is 86.6 Å². The topological polar surface area (TPSA) is 12.9 Å². The van der Waals surface area contributed by atoms with Crippen LogP contribution in [0.1, 0.15) is 44.1 Å². The van der Waals surface area contributed by atoms with Crippen LogP contribution in [0.25, 0.3) is 0 Å². The van der Waals surface area contributed by atoms with Gasteiger partial charge in [-0.2, -0.15) is 0 Å². The molecule has 0 aromatic carbocycles. The summed E-state index contributed by atoms with van der Waals surface area (Å²) >= 11 is 0. The molecule has 0 N–H and O–H groups in total. The molecule has 1 aromatic rings. The summed E-state index contributed by atoms with van der Waals surface area (Å²) < 4.78 is 0. The summed E-state index contributed by atoms with van der Waals surface area (Å²) in [5.74, 6) is 0.990. The Bertz CT molecular complexity index is 249. The van der Waals surface area contributed by atoms with E-state index in [9.17, 15) is 0 Å². The summed E-state index contributed by atoms with van der Waals surface area (Å²) in [6.45, 7) is 0. The first-order valence-electron chi connectivity index (χ1n) is 5.84. The number of aromatic nitrogens is 1. The summed E-state index contributed by atoms with van der Waals surface area (Å²) in [5, 5.41) is 0. The lowest BCUT2D eigenvalue weighted by atomic mass is 9.85. The van der Waals surface area contributed by atoms with E-state index in [0.29, 0.717) is 0 Å². The van der Waals surface area contributed by atoms with Crippen molar-refractivity contribution in [3.05, 3.63) is 30.1 Å². The second kappa shape index (κ2) is 5.14. The van der Waals surface area contributed by atoms with Crippen molar-refractivity contribution < 1.29 is 0 Å². The van der Waals surface area contributed by atoms with E-state index in [0.717, 1.165) is 5.92 Å². The van der Waals surface area contributed by atoms with Gasteiger partial charge >= 0.3 is 0 Å². The molecule has 0 saturated heterocycles. The molecule has 0 unspecified atom stereocenters. The lowest BCUT2D eigenvalue weighted by Crippen LogP contribution is -2.07. The first kappa shape index (κ1) is 9.70. The van der Waals surface area contributed by atoms with Crippen LogP contribution >= 0.6 is 0 Å². The van der Waals surface area contributed by atoms with Crippen molar-refractivity contribution in [2.75, 3.05) is 0 Å². The average Bonchev–Trinajstić information content (AvgIpc) is 2.29. The molecule has 0 amide bonds. The highest BCUT2D eigenvalue weighted by Gasteiger charge is 2.12. The van der Waals surface area contributed by atoms with Crippen molar-refractivity contribution in [3.8, 4) is 0 Å². The molecule has 1 aliphatic carbocycles. The minimum Gasteiger partial charge on any atom is -0.264 e. The summed E-state index contributed by atoms with van der Waals surface area (Å²) in [6, 6.07) is 4.23. The normalized spacial score (nSPS) is 18.3. The lowest BCUT2D eigenvalue weighted by molar-refractivity contribution is 0.339. The van der Waals surface area contributed by atoms with Gasteiger partial charge in [-0.05, 0) is 30.4 Å². The minimum absolute atomic E-state index is 0.990. The lowest BCUT2D eigenvalue weighted by Gasteiger charge is -2.21. The standard InChI is InChI=1S/C13H19N/c1-2-5-12(6-3-1)8-9-13-7-4-10-14-11-13/h4,7,10-12H,1-3,5-6,8-9H2. The molecule has 2 rings (SSSR count). The molecular formula is C13H19N. The summed E-state index contributed by atoms with van der Waals surface area (Å²) in [7, 11) is 0. The van der Waals surface area contributed by atoms with Crippen LogP contribution in [-0.2, 0) is 6.42 Å². The number of nitrogens with zero attached hydrogens (tertiary/aromatic N) is 1. The fraction of sp³-hybridized carbons (Fsp3) is 0.615. The Morgan fingerprint density at radius 2 is 2.07 bits per heavy atom. The van der Waals surface area contributed by atoms with Crippen LogP contribution in [0, 0.1) is 5.92 Å². The zero-order valence-corrected chi connectivity index (χ0v) is 8.78. The van der Waals surface area contributed by atoms with Gasteiger partial charge in [-0.1, -0.05) is 38.2 Å². The highest BCUT2D eigenvalue weighted by molar-refractivity contribution is 5.08. The quantitative estimate of drug-likeness (QED) is 0.708. The van der Waals surface area contributed by atoms with Crippen LogP contribution in [0.2, 0.25) is 0 Å². The predicted octanol–water partition coefficient (Wildman–Crippen LogP) is 3.59. The summed E-state index contributed by atoms with van der Waals surface area (Å²) in [6.07, 6.45) is 13.7. The average molecular weight is 189 g/mol. The van der Waals surface area contributed by atoms with Crippen molar-refractivity contribution in [1.29, 1.82) is 0 Å². The van der Waals surface area contributed by atoms with Crippen LogP contribution < -0.4 is 0 Å². The second-order valence-corrected chi connectivity index (χ2v) is 4.40. The number of hydrogen-bond acceptors (Lipinski definition) is 1. The molecule has 1 saturated carbocycles. The molecule has 0 atom stereocenters. The van der Waals surface area contributed by atoms with Gasteiger partial charge in [-0.15, -0.1) is 0 Å². The van der Waals surface area contributed by atoms with E-state index in [4.69, 9.17) is 0 Å². The van der Waals surface area contributed by atoms with Gasteiger partial charge in [-0.25, -0.2) is 0 Å². The Hall–Kier alpha value is -0.850. The SMILES string of the molecule is c1cncc(CCC2CCCCC2)c1. The smallest absolute Gasteiger partial charge is 0.0299 e. The molecule has 0 bridgehead atoms. The van der Waals surface area contributed by atoms with Crippen LogP contribution in [0.5, 0.6) is 0 Å². The van der Waals surface area contributed by atoms with E-state index in [-0.39, 0.29) is 0 Å². The van der Waals surface area contributed by atoms with E-state index in [1.165, 1.54) is 50.5 Å². The molecule has 76 valence electrons. The van der Waals surface area contributed by atoms with E-state index in [1.807, 2.05) is 18.5 Å². The van der Waals surface area contributed by atoms with Gasteiger partial charge in [0.2, 0.25) is 0 Å². The van der Waals surface area contributed by atoms with E-state index < -0.39 is 0 Å². The van der Waals surface area contributed by atoms with E-state index in [2.05, 4.69) is 11.1 Å². The molecule has 1 aliphatic rings. The third-order valence-corrected chi connectivity index (χ3v) is 3.29. The molecule has 14 heavy (non-hydrogen) atoms. The van der Waals surface area contributed by atoms with Crippen LogP contribution in [0.15, 0.2) is 24.5 Å². The number of rotatable bonds is 3. The van der Waals surface area contributed by atoms with Crippen molar-refractivity contribution in [2.45, 2.75) is 44.9 Å². The first-order chi connectivity index (χ1) is 6.95. The molecule has 1 aromatic heterocycles. The van der Waals surface area contributed by atoms with Gasteiger partial charge < -0.3 is 0 Å². The maximum Gasteiger partial charge on any atom is 0.0299 e. The van der Waals surface area contributed by atoms with Crippen LogP contribution in [-0.4, -0.2) is 4.98 Å². The van der Waals surface area contributed by atoms with Gasteiger partial charge in [0.15, 0.2) is 0 Å². The molecule has 1 heteroatoms. The summed E-state index contributed by atoms with van der Waals surface area (Å²) in [4.78, 5) is 4.15. The van der Waals surface area contributed by atoms with Crippen molar-refractivity contribution in [2.24, 2.45) is 5.92 Å². The Morgan fingerprint density at radius 1 is 1.21 bits per heavy atom. The Kier molecular flexibility index (Phi) is 3.56. The third kappa shape index (κ3) is 2.83. The van der Waals surface area contributed by atoms with Gasteiger partial charge in [0.05, 0.1) is 0 Å². The van der Waals surface area contributed by atoms with Crippen molar-refractivity contribution >= 4 is 0 Å². The monoisotopic (exact) mass is 189 g/mol. The molecule has 0 spiro atoms. The van der Waals surface area contributed by atoms with Crippen LogP contribution in [0.4, 0.5) is 0 Å². The van der Waals surface area contributed by atoms with Gasteiger partial charge in [0, 0.05) is 12.4 Å². The van der Waals surface area contributed by atoms with E-state index in [1.54, 1.807) is 0 Å². The predicted molar refractivity (Wildman–Crippen MR) is 59.1 cm³/mol. The zero-order chi connectivity index (χ0) is 9.64. The summed E-state index contributed by atoms with van der Waals surface area (Å²) in [5.41, 5.74) is 1.40. The zero-order valence-electron chi connectivity index (χ0n) is 8.78. The third-order valence-electron chi connectivity index (χ3n) is 3.29. The highest BCUT2D eigenvalue weighted by atomic mass is 14.6. The Balaban J connectivity index is 1.76. The molecule has 1 fully saturated rings. The molecule has 1 nitrogen and oxygen atoms in total. The molecule has 0 radical (unpaired) electrons. The minimum atomic E-state index is 0.990. The fourth-order valence-electron chi connectivity index (χ4n) is 2.39. The fourth-order valence-corrected chi connectivity index (χ4v) is 2.39.